The number of amides is 3. The Morgan fingerprint density at radius 3 is 2.70 bits per heavy atom. The van der Waals surface area contributed by atoms with Gasteiger partial charge >= 0.3 is 0 Å². The molecular formula is C30H36N6O7. The fraction of sp³-hybridized carbons (Fsp3) is 0.433. The lowest BCUT2D eigenvalue weighted by atomic mass is 10.1. The maximum Gasteiger partial charge on any atom is 0.258 e. The summed E-state index contributed by atoms with van der Waals surface area (Å²) >= 11 is 0. The van der Waals surface area contributed by atoms with Crippen molar-refractivity contribution in [2.24, 2.45) is 0 Å². The minimum atomic E-state index is -0.516. The van der Waals surface area contributed by atoms with E-state index >= 15 is 0 Å². The van der Waals surface area contributed by atoms with Gasteiger partial charge in [-0.15, -0.1) is 0 Å². The molecule has 2 atom stereocenters. The predicted molar refractivity (Wildman–Crippen MR) is 154 cm³/mol. The quantitative estimate of drug-likeness (QED) is 0.435. The Kier molecular flexibility index (Phi) is 9.59. The summed E-state index contributed by atoms with van der Waals surface area (Å²) < 4.78 is 24.8. The number of ether oxygens (including phenoxy) is 4. The van der Waals surface area contributed by atoms with Crippen LogP contribution in [0.15, 0.2) is 49.1 Å². The van der Waals surface area contributed by atoms with Crippen LogP contribution in [0.5, 0.6) is 23.0 Å². The van der Waals surface area contributed by atoms with E-state index in [9.17, 15) is 14.4 Å². The van der Waals surface area contributed by atoms with Crippen LogP contribution in [0, 0.1) is 0 Å². The zero-order chi connectivity index (χ0) is 30.2. The molecule has 1 fully saturated rings. The summed E-state index contributed by atoms with van der Waals surface area (Å²) in [5, 5.41) is 10.0. The largest absolute Gasteiger partial charge is 0.496 e. The molecule has 4 bridgehead atoms. The van der Waals surface area contributed by atoms with Gasteiger partial charge in [0.05, 0.1) is 26.8 Å². The lowest BCUT2D eigenvalue weighted by molar-refractivity contribution is -0.131. The average Bonchev–Trinajstić information content (AvgIpc) is 3.68. The van der Waals surface area contributed by atoms with Crippen molar-refractivity contribution >= 4 is 17.7 Å². The van der Waals surface area contributed by atoms with Crippen molar-refractivity contribution in [2.75, 3.05) is 33.9 Å². The highest BCUT2D eigenvalue weighted by Gasteiger charge is 2.38. The molecule has 8 rings (SSSR count). The second-order valence-corrected chi connectivity index (χ2v) is 10.4. The molecule has 0 saturated carbocycles. The van der Waals surface area contributed by atoms with Crippen LogP contribution in [0.1, 0.15) is 30.4 Å². The molecule has 228 valence electrons. The van der Waals surface area contributed by atoms with E-state index in [0.29, 0.717) is 55.4 Å². The highest BCUT2D eigenvalue weighted by atomic mass is 16.5. The summed E-state index contributed by atoms with van der Waals surface area (Å²) in [4.78, 5) is 44.4. The summed E-state index contributed by atoms with van der Waals surface area (Å²) in [5.41, 5.74) is 1.69. The highest BCUT2D eigenvalue weighted by molar-refractivity contribution is 5.79. The molecule has 13 nitrogen and oxygen atoms in total. The Morgan fingerprint density at radius 1 is 1.05 bits per heavy atom. The molecule has 6 heterocycles. The maximum absolute atomic E-state index is 13.1. The van der Waals surface area contributed by atoms with Crippen LogP contribution >= 0.6 is 0 Å². The Balaban J connectivity index is 1.34. The number of hydrogen-bond donors (Lipinski definition) is 2. The van der Waals surface area contributed by atoms with E-state index in [2.05, 4.69) is 20.7 Å². The molecule has 0 unspecified atom stereocenters. The predicted octanol–water partition coefficient (Wildman–Crippen LogP) is 1.49. The van der Waals surface area contributed by atoms with E-state index in [1.54, 1.807) is 47.3 Å². The molecule has 13 heteroatoms. The number of nitrogens with one attached hydrogen (secondary N) is 2. The Bertz CT molecular complexity index is 1430. The first-order valence-electron chi connectivity index (χ1n) is 14.2. The van der Waals surface area contributed by atoms with Crippen molar-refractivity contribution in [1.29, 1.82) is 0 Å². The summed E-state index contributed by atoms with van der Waals surface area (Å²) in [5.74, 6) is 1.45. The molecule has 1 aromatic heterocycles. The number of benzene rings is 2. The monoisotopic (exact) mass is 592 g/mol. The summed E-state index contributed by atoms with van der Waals surface area (Å²) in [6.07, 6.45) is 4.27. The molecule has 5 aliphatic rings. The second-order valence-electron chi connectivity index (χ2n) is 10.4. The van der Waals surface area contributed by atoms with Gasteiger partial charge in [0.2, 0.25) is 11.8 Å². The van der Waals surface area contributed by atoms with Gasteiger partial charge in [0, 0.05) is 44.1 Å². The molecule has 1 saturated heterocycles. The van der Waals surface area contributed by atoms with Crippen molar-refractivity contribution in [2.45, 2.75) is 50.9 Å². The molecule has 0 aliphatic carbocycles. The SMILES string of the molecule is COc1cc2ccc1CNC(=O)CCc1ccc(c(OC)c1)OCC(=O)N[C@@H]1CN(C(=O)CCCn3cncn3)C[C@H]1O2. The third kappa shape index (κ3) is 7.73. The van der Waals surface area contributed by atoms with Crippen molar-refractivity contribution in [3.8, 4) is 23.0 Å². The molecule has 43 heavy (non-hydrogen) atoms. The van der Waals surface area contributed by atoms with Crippen LogP contribution in [0.2, 0.25) is 0 Å². The zero-order valence-corrected chi connectivity index (χ0v) is 24.3. The van der Waals surface area contributed by atoms with Crippen LogP contribution in [-0.4, -0.2) is 83.4 Å². The number of rotatable bonds is 6. The van der Waals surface area contributed by atoms with Gasteiger partial charge in [-0.2, -0.15) is 5.10 Å². The number of aromatic nitrogens is 3. The second kappa shape index (κ2) is 13.9. The number of carbonyl (C=O) groups excluding carboxylic acids is 3. The van der Waals surface area contributed by atoms with Crippen LogP contribution in [-0.2, 0) is 33.9 Å². The van der Waals surface area contributed by atoms with Crippen molar-refractivity contribution in [3.63, 3.8) is 0 Å². The highest BCUT2D eigenvalue weighted by Crippen LogP contribution is 2.30. The Labute approximate surface area is 249 Å². The number of nitrogens with zero attached hydrogens (tertiary/aromatic N) is 4. The van der Waals surface area contributed by atoms with Crippen LogP contribution in [0.25, 0.3) is 0 Å². The lowest BCUT2D eigenvalue weighted by Crippen LogP contribution is -2.46. The summed E-state index contributed by atoms with van der Waals surface area (Å²) in [7, 11) is 3.08. The number of hydrogen-bond acceptors (Lipinski definition) is 9. The van der Waals surface area contributed by atoms with E-state index in [1.165, 1.54) is 13.4 Å². The molecular weight excluding hydrogens is 556 g/mol. The van der Waals surface area contributed by atoms with Gasteiger partial charge in [-0.25, -0.2) is 4.98 Å². The minimum absolute atomic E-state index is 0.0410. The fourth-order valence-corrected chi connectivity index (χ4v) is 5.17. The summed E-state index contributed by atoms with van der Waals surface area (Å²) in [6, 6.07) is 10.3. The van der Waals surface area contributed by atoms with Gasteiger partial charge in [-0.05, 0) is 42.7 Å². The van der Waals surface area contributed by atoms with Gasteiger partial charge in [0.15, 0.2) is 18.1 Å². The molecule has 0 spiro atoms. The van der Waals surface area contributed by atoms with Crippen molar-refractivity contribution in [3.05, 3.63) is 60.2 Å². The first-order valence-corrected chi connectivity index (χ1v) is 14.2. The third-order valence-electron chi connectivity index (χ3n) is 7.46. The van der Waals surface area contributed by atoms with E-state index in [4.69, 9.17) is 18.9 Å². The molecule has 0 radical (unpaired) electrons. The van der Waals surface area contributed by atoms with Crippen LogP contribution in [0.3, 0.4) is 0 Å². The molecule has 2 N–H and O–H groups in total. The maximum atomic E-state index is 13.1. The Morgan fingerprint density at radius 2 is 1.91 bits per heavy atom. The van der Waals surface area contributed by atoms with Crippen LogP contribution < -0.4 is 29.6 Å². The third-order valence-corrected chi connectivity index (χ3v) is 7.46. The van der Waals surface area contributed by atoms with Crippen molar-refractivity contribution < 1.29 is 33.3 Å². The van der Waals surface area contributed by atoms with Crippen molar-refractivity contribution in [1.82, 2.24) is 30.3 Å². The van der Waals surface area contributed by atoms with Gasteiger partial charge < -0.3 is 34.5 Å². The average molecular weight is 593 g/mol. The Hall–Kier alpha value is -4.81. The zero-order valence-electron chi connectivity index (χ0n) is 24.3. The fourth-order valence-electron chi connectivity index (χ4n) is 5.17. The van der Waals surface area contributed by atoms with E-state index in [1.807, 2.05) is 12.1 Å². The first-order chi connectivity index (χ1) is 20.9. The van der Waals surface area contributed by atoms with Gasteiger partial charge in [-0.3, -0.25) is 19.1 Å². The summed E-state index contributed by atoms with van der Waals surface area (Å²) in [6.45, 7) is 1.20. The number of aryl methyl sites for hydroxylation is 2. The smallest absolute Gasteiger partial charge is 0.258 e. The number of methoxy groups -OCH3 is 2. The normalized spacial score (nSPS) is 19.1. The van der Waals surface area contributed by atoms with Gasteiger partial charge in [0.25, 0.3) is 5.91 Å². The van der Waals surface area contributed by atoms with Gasteiger partial charge in [0.1, 0.15) is 30.3 Å². The molecule has 5 aliphatic heterocycles. The van der Waals surface area contributed by atoms with E-state index in [-0.39, 0.29) is 43.8 Å². The number of carbonyl (C=O) groups is 3. The van der Waals surface area contributed by atoms with Crippen LogP contribution in [0.4, 0.5) is 0 Å². The minimum Gasteiger partial charge on any atom is -0.496 e. The number of likely N-dealkylation sites (tertiary alicyclic amines) is 1. The first kappa shape index (κ1) is 29.7. The molecule has 2 aromatic carbocycles. The van der Waals surface area contributed by atoms with Gasteiger partial charge in [-0.1, -0.05) is 6.07 Å². The standard InChI is InChI=1S/C30H36N6O7/c1-40-25-13-22-8-7-21(25)14-32-28(37)10-6-20-5-9-24(26(12-20)41-2)42-17-29(38)34-23-15-35(16-27(23)43-22)30(39)4-3-11-36-19-31-18-33-36/h5,7-9,12-13,18-19,23,27H,3-4,6,10-11,14-17H2,1-2H3,(H,32,37)(H,34,38)/t23-,27-/m1/s1. The van der Waals surface area contributed by atoms with E-state index in [0.717, 1.165) is 11.1 Å². The topological polar surface area (TPSA) is 146 Å². The molecule has 3 amide bonds. The molecule has 3 aromatic rings. The lowest BCUT2D eigenvalue weighted by Gasteiger charge is -2.22. The van der Waals surface area contributed by atoms with E-state index < -0.39 is 12.1 Å².